The van der Waals surface area contributed by atoms with Crippen LogP contribution in [0, 0.1) is 11.8 Å². The molecule has 1 fully saturated rings. The molecule has 1 N–H and O–H groups in total. The lowest BCUT2D eigenvalue weighted by Gasteiger charge is -2.13. The number of H-pyrrole nitrogens is 1. The SMILES string of the molecule is CC1CCCC1C(=O)c1ccc2[nH]c(=O)oc2c1. The van der Waals surface area contributed by atoms with Crippen LogP contribution in [-0.2, 0) is 0 Å². The monoisotopic (exact) mass is 245 g/mol. The first-order chi connectivity index (χ1) is 8.65. The fraction of sp³-hybridized carbons (Fsp3) is 0.429. The van der Waals surface area contributed by atoms with E-state index >= 15 is 0 Å². The average Bonchev–Trinajstić information content (AvgIpc) is 2.91. The van der Waals surface area contributed by atoms with E-state index in [9.17, 15) is 9.59 Å². The van der Waals surface area contributed by atoms with Crippen LogP contribution in [0.25, 0.3) is 11.1 Å². The molecule has 0 spiro atoms. The Hall–Kier alpha value is -1.84. The standard InChI is InChI=1S/C14H15NO3/c1-8-3-2-4-10(8)13(16)9-5-6-11-12(7-9)18-14(17)15-11/h5-8,10H,2-4H2,1H3,(H,15,17). The summed E-state index contributed by atoms with van der Waals surface area (Å²) in [4.78, 5) is 26.0. The first-order valence-corrected chi connectivity index (χ1v) is 6.32. The van der Waals surface area contributed by atoms with Gasteiger partial charge >= 0.3 is 5.76 Å². The molecule has 1 saturated carbocycles. The van der Waals surface area contributed by atoms with Gasteiger partial charge in [0.25, 0.3) is 0 Å². The number of aromatic amines is 1. The van der Waals surface area contributed by atoms with E-state index in [0.717, 1.165) is 19.3 Å². The van der Waals surface area contributed by atoms with Gasteiger partial charge in [-0.3, -0.25) is 9.78 Å². The molecule has 94 valence electrons. The Morgan fingerprint density at radius 1 is 1.39 bits per heavy atom. The third-order valence-corrected chi connectivity index (χ3v) is 3.90. The number of benzene rings is 1. The van der Waals surface area contributed by atoms with Gasteiger partial charge in [0.1, 0.15) is 0 Å². The van der Waals surface area contributed by atoms with E-state index in [-0.39, 0.29) is 11.7 Å². The first-order valence-electron chi connectivity index (χ1n) is 6.32. The van der Waals surface area contributed by atoms with Gasteiger partial charge in [0.05, 0.1) is 5.52 Å². The van der Waals surface area contributed by atoms with Gasteiger partial charge in [0.2, 0.25) is 0 Å². The normalized spacial score (nSPS) is 23.6. The number of oxazole rings is 1. The Labute approximate surface area is 104 Å². The zero-order valence-electron chi connectivity index (χ0n) is 10.2. The Kier molecular flexibility index (Phi) is 2.58. The van der Waals surface area contributed by atoms with Gasteiger partial charge in [-0.1, -0.05) is 13.3 Å². The van der Waals surface area contributed by atoms with E-state index in [2.05, 4.69) is 11.9 Å². The van der Waals surface area contributed by atoms with Crippen LogP contribution in [0.1, 0.15) is 36.5 Å². The molecule has 0 bridgehead atoms. The van der Waals surface area contributed by atoms with Crippen LogP contribution in [-0.4, -0.2) is 10.8 Å². The largest absolute Gasteiger partial charge is 0.417 e. The molecular formula is C14H15NO3. The highest BCUT2D eigenvalue weighted by atomic mass is 16.4. The number of hydrogen-bond donors (Lipinski definition) is 1. The lowest BCUT2D eigenvalue weighted by Crippen LogP contribution is -2.16. The first kappa shape index (κ1) is 11.3. The Morgan fingerprint density at radius 2 is 2.22 bits per heavy atom. The van der Waals surface area contributed by atoms with Crippen molar-refractivity contribution in [2.24, 2.45) is 11.8 Å². The fourth-order valence-corrected chi connectivity index (χ4v) is 2.85. The highest BCUT2D eigenvalue weighted by Crippen LogP contribution is 2.34. The predicted molar refractivity (Wildman–Crippen MR) is 67.7 cm³/mol. The molecule has 1 aliphatic rings. The quantitative estimate of drug-likeness (QED) is 0.827. The maximum Gasteiger partial charge on any atom is 0.417 e. The topological polar surface area (TPSA) is 63.1 Å². The highest BCUT2D eigenvalue weighted by molar-refractivity contribution is 6.00. The van der Waals surface area contributed by atoms with Gasteiger partial charge in [0, 0.05) is 11.5 Å². The third-order valence-electron chi connectivity index (χ3n) is 3.90. The third kappa shape index (κ3) is 1.78. The number of hydrogen-bond acceptors (Lipinski definition) is 3. The summed E-state index contributed by atoms with van der Waals surface area (Å²) < 4.78 is 4.98. The minimum absolute atomic E-state index is 0.119. The van der Waals surface area contributed by atoms with Gasteiger partial charge in [-0.15, -0.1) is 0 Å². The maximum absolute atomic E-state index is 12.4. The van der Waals surface area contributed by atoms with Crippen LogP contribution in [0.3, 0.4) is 0 Å². The molecule has 4 nitrogen and oxygen atoms in total. The summed E-state index contributed by atoms with van der Waals surface area (Å²) in [5, 5.41) is 0. The molecule has 1 aromatic carbocycles. The van der Waals surface area contributed by atoms with Crippen molar-refractivity contribution in [3.05, 3.63) is 34.3 Å². The number of rotatable bonds is 2. The molecule has 18 heavy (non-hydrogen) atoms. The van der Waals surface area contributed by atoms with E-state index < -0.39 is 5.76 Å². The zero-order valence-corrected chi connectivity index (χ0v) is 10.2. The summed E-state index contributed by atoms with van der Waals surface area (Å²) in [6.07, 6.45) is 3.21. The van der Waals surface area contributed by atoms with E-state index in [1.54, 1.807) is 18.2 Å². The second kappa shape index (κ2) is 4.12. The molecule has 0 radical (unpaired) electrons. The molecule has 0 amide bonds. The number of fused-ring (bicyclic) bond motifs is 1. The molecule has 0 saturated heterocycles. The van der Waals surface area contributed by atoms with Crippen molar-refractivity contribution in [2.45, 2.75) is 26.2 Å². The minimum atomic E-state index is -0.483. The Balaban J connectivity index is 1.98. The summed E-state index contributed by atoms with van der Waals surface area (Å²) in [7, 11) is 0. The van der Waals surface area contributed by atoms with E-state index in [1.165, 1.54) is 0 Å². The lowest BCUT2D eigenvalue weighted by molar-refractivity contribution is 0.0897. The molecule has 2 atom stereocenters. The Bertz CT molecular complexity index is 652. The lowest BCUT2D eigenvalue weighted by atomic mass is 9.89. The molecule has 4 heteroatoms. The summed E-state index contributed by atoms with van der Waals surface area (Å²) >= 11 is 0. The minimum Gasteiger partial charge on any atom is -0.408 e. The molecule has 1 heterocycles. The Morgan fingerprint density at radius 3 is 2.94 bits per heavy atom. The number of aromatic nitrogens is 1. The van der Waals surface area contributed by atoms with E-state index in [1.807, 2.05) is 0 Å². The van der Waals surface area contributed by atoms with Crippen molar-refractivity contribution in [2.75, 3.05) is 0 Å². The molecule has 2 unspecified atom stereocenters. The van der Waals surface area contributed by atoms with Crippen molar-refractivity contribution in [3.63, 3.8) is 0 Å². The number of nitrogens with one attached hydrogen (secondary N) is 1. The van der Waals surface area contributed by atoms with Gasteiger partial charge < -0.3 is 4.42 Å². The van der Waals surface area contributed by atoms with Crippen LogP contribution in [0.5, 0.6) is 0 Å². The van der Waals surface area contributed by atoms with Crippen molar-refractivity contribution < 1.29 is 9.21 Å². The van der Waals surface area contributed by atoms with Crippen LogP contribution < -0.4 is 5.76 Å². The zero-order chi connectivity index (χ0) is 12.7. The average molecular weight is 245 g/mol. The fourth-order valence-electron chi connectivity index (χ4n) is 2.85. The van der Waals surface area contributed by atoms with Gasteiger partial charge in [-0.25, -0.2) is 4.79 Å². The maximum atomic E-state index is 12.4. The van der Waals surface area contributed by atoms with Gasteiger partial charge in [-0.05, 0) is 37.0 Å². The van der Waals surface area contributed by atoms with Crippen molar-refractivity contribution in [1.82, 2.24) is 4.98 Å². The number of ketones is 1. The number of carbonyl (C=O) groups is 1. The molecule has 1 aromatic heterocycles. The van der Waals surface area contributed by atoms with Crippen LogP contribution in [0.2, 0.25) is 0 Å². The number of carbonyl (C=O) groups excluding carboxylic acids is 1. The van der Waals surface area contributed by atoms with E-state index in [4.69, 9.17) is 4.42 Å². The predicted octanol–water partition coefficient (Wildman–Crippen LogP) is 2.74. The molecular weight excluding hydrogens is 230 g/mol. The molecule has 2 aromatic rings. The second-order valence-electron chi connectivity index (χ2n) is 5.10. The molecule has 3 rings (SSSR count). The second-order valence-corrected chi connectivity index (χ2v) is 5.10. The summed E-state index contributed by atoms with van der Waals surface area (Å²) in [5.74, 6) is 0.258. The summed E-state index contributed by atoms with van der Waals surface area (Å²) in [6, 6.07) is 5.16. The summed E-state index contributed by atoms with van der Waals surface area (Å²) in [5.41, 5.74) is 1.73. The molecule has 1 aliphatic carbocycles. The highest BCUT2D eigenvalue weighted by Gasteiger charge is 2.30. The van der Waals surface area contributed by atoms with Crippen LogP contribution >= 0.6 is 0 Å². The van der Waals surface area contributed by atoms with Gasteiger partial charge in [-0.2, -0.15) is 0 Å². The van der Waals surface area contributed by atoms with Crippen molar-refractivity contribution in [1.29, 1.82) is 0 Å². The smallest absolute Gasteiger partial charge is 0.408 e. The summed E-state index contributed by atoms with van der Waals surface area (Å²) in [6.45, 7) is 2.13. The molecule has 0 aliphatic heterocycles. The van der Waals surface area contributed by atoms with Crippen molar-refractivity contribution >= 4 is 16.9 Å². The van der Waals surface area contributed by atoms with Crippen LogP contribution in [0.4, 0.5) is 0 Å². The van der Waals surface area contributed by atoms with Crippen molar-refractivity contribution in [3.8, 4) is 0 Å². The van der Waals surface area contributed by atoms with E-state index in [0.29, 0.717) is 22.6 Å². The number of Topliss-reactive ketones (excluding diaryl/α,β-unsaturated/α-hetero) is 1. The van der Waals surface area contributed by atoms with Gasteiger partial charge in [0.15, 0.2) is 11.4 Å². The van der Waals surface area contributed by atoms with Crippen LogP contribution in [0.15, 0.2) is 27.4 Å².